The van der Waals surface area contributed by atoms with E-state index < -0.39 is 57.1 Å². The van der Waals surface area contributed by atoms with Crippen molar-refractivity contribution in [2.24, 2.45) is 0 Å². The van der Waals surface area contributed by atoms with Crippen LogP contribution in [0.15, 0.2) is 0 Å². The number of nitrogens with one attached hydrogen (secondary N) is 1. The summed E-state index contributed by atoms with van der Waals surface area (Å²) in [5.41, 5.74) is -5.59. The van der Waals surface area contributed by atoms with E-state index in [9.17, 15) is 39.9 Å². The Hall–Kier alpha value is -1.78. The Labute approximate surface area is 115 Å². The van der Waals surface area contributed by atoms with E-state index in [1.165, 1.54) is 0 Å². The molecule has 0 fully saturated rings. The summed E-state index contributed by atoms with van der Waals surface area (Å²) < 4.78 is 104. The van der Waals surface area contributed by atoms with Gasteiger partial charge in [-0.05, 0) is 0 Å². The molecule has 1 aliphatic heterocycles. The molecule has 2 nitrogen and oxygen atoms in total. The van der Waals surface area contributed by atoms with Crippen LogP contribution in [-0.2, 0) is 5.92 Å². The van der Waals surface area contributed by atoms with E-state index in [1.807, 2.05) is 0 Å². The fourth-order valence-electron chi connectivity index (χ4n) is 1.77. The minimum absolute atomic E-state index is 0.911. The van der Waals surface area contributed by atoms with Crippen LogP contribution in [0.1, 0.15) is 21.5 Å². The van der Waals surface area contributed by atoms with E-state index in [0.29, 0.717) is 0 Å². The van der Waals surface area contributed by atoms with E-state index in [1.54, 1.807) is 5.32 Å². The van der Waals surface area contributed by atoms with E-state index in [4.69, 9.17) is 0 Å². The van der Waals surface area contributed by atoms with Crippen molar-refractivity contribution in [3.8, 4) is 0 Å². The Morgan fingerprint density at radius 1 is 0.857 bits per heavy atom. The number of amides is 1. The average Bonchev–Trinajstić information content (AvgIpc) is 2.60. The fourth-order valence-corrected chi connectivity index (χ4v) is 2.05. The summed E-state index contributed by atoms with van der Waals surface area (Å²) in [6, 6.07) is 0. The first kappa shape index (κ1) is 15.6. The van der Waals surface area contributed by atoms with E-state index >= 15 is 0 Å². The minimum atomic E-state index is -6.32. The molecule has 1 aromatic rings. The fraction of sp³-hybridized carbons (Fsp3) is 0.200. The molecule has 0 aromatic heterocycles. The van der Waals surface area contributed by atoms with Crippen molar-refractivity contribution in [3.05, 3.63) is 34.1 Å². The van der Waals surface area contributed by atoms with Crippen LogP contribution in [0.25, 0.3) is 0 Å². The lowest BCUT2D eigenvalue weighted by molar-refractivity contribution is -0.290. The van der Waals surface area contributed by atoms with Gasteiger partial charge in [-0.1, -0.05) is 12.2 Å². The summed E-state index contributed by atoms with van der Waals surface area (Å²) in [6.07, 6.45) is -6.32. The summed E-state index contributed by atoms with van der Waals surface area (Å²) in [6.45, 7) is 0. The van der Waals surface area contributed by atoms with Gasteiger partial charge >= 0.3 is 12.1 Å². The van der Waals surface area contributed by atoms with Crippen molar-refractivity contribution >= 4 is 23.1 Å². The Bertz CT molecular complexity index is 681. The number of halogens is 8. The van der Waals surface area contributed by atoms with Crippen LogP contribution in [0.2, 0.25) is 0 Å². The number of thiocarbonyl (C=S) groups is 1. The lowest BCUT2D eigenvalue weighted by Crippen LogP contribution is -2.37. The van der Waals surface area contributed by atoms with Gasteiger partial charge in [0.25, 0.3) is 5.91 Å². The number of hydrogen-bond donors (Lipinski definition) is 1. The van der Waals surface area contributed by atoms with Crippen LogP contribution < -0.4 is 5.32 Å². The topological polar surface area (TPSA) is 29.1 Å². The highest BCUT2D eigenvalue weighted by molar-refractivity contribution is 7.80. The summed E-state index contributed by atoms with van der Waals surface area (Å²) >= 11 is 4.33. The third kappa shape index (κ3) is 1.98. The van der Waals surface area contributed by atoms with Gasteiger partial charge in [-0.2, -0.15) is 22.0 Å². The van der Waals surface area contributed by atoms with Crippen molar-refractivity contribution < 1.29 is 39.9 Å². The van der Waals surface area contributed by atoms with E-state index in [-0.39, 0.29) is 0 Å². The molecule has 0 saturated heterocycles. The maximum atomic E-state index is 13.4. The van der Waals surface area contributed by atoms with Gasteiger partial charge in [0.05, 0.1) is 16.7 Å². The zero-order chi connectivity index (χ0) is 16.3. The standard InChI is InChI=1S/C10HF8NOS/c11-4-2-1(7(20)19-8(2)21)3(5(12)6(4)13)9(14,15)10(16,17)18/h(H,19,20,21). The maximum Gasteiger partial charge on any atom is 0.458 e. The molecule has 1 aliphatic rings. The number of fused-ring (bicyclic) bond motifs is 1. The molecule has 1 heterocycles. The van der Waals surface area contributed by atoms with Gasteiger partial charge in [0.15, 0.2) is 17.5 Å². The first-order chi connectivity index (χ1) is 9.41. The van der Waals surface area contributed by atoms with Crippen molar-refractivity contribution in [1.82, 2.24) is 5.32 Å². The second-order valence-electron chi connectivity index (χ2n) is 3.92. The van der Waals surface area contributed by atoms with E-state index in [0.717, 1.165) is 0 Å². The van der Waals surface area contributed by atoms with Gasteiger partial charge in [-0.15, -0.1) is 0 Å². The van der Waals surface area contributed by atoms with Crippen LogP contribution >= 0.6 is 12.2 Å². The summed E-state index contributed by atoms with van der Waals surface area (Å²) in [5, 5.41) is 1.56. The molecule has 0 radical (unpaired) electrons. The Morgan fingerprint density at radius 2 is 1.38 bits per heavy atom. The monoisotopic (exact) mass is 335 g/mol. The Morgan fingerprint density at radius 3 is 1.86 bits per heavy atom. The maximum absolute atomic E-state index is 13.4. The smallest absolute Gasteiger partial charge is 0.312 e. The normalized spacial score (nSPS) is 15.2. The summed E-state index contributed by atoms with van der Waals surface area (Å²) in [7, 11) is 0. The molecule has 21 heavy (non-hydrogen) atoms. The molecule has 0 aliphatic carbocycles. The zero-order valence-corrected chi connectivity index (χ0v) is 10.2. The van der Waals surface area contributed by atoms with Crippen molar-refractivity contribution in [2.45, 2.75) is 12.1 Å². The third-order valence-electron chi connectivity index (χ3n) is 2.68. The largest absolute Gasteiger partial charge is 0.458 e. The summed E-state index contributed by atoms with van der Waals surface area (Å²) in [4.78, 5) is 10.4. The number of benzene rings is 1. The first-order valence-corrected chi connectivity index (χ1v) is 5.33. The van der Waals surface area contributed by atoms with Crippen LogP contribution in [0, 0.1) is 17.5 Å². The quantitative estimate of drug-likeness (QED) is 0.485. The van der Waals surface area contributed by atoms with Gasteiger partial charge in [-0.25, -0.2) is 13.2 Å². The number of alkyl halides is 5. The molecule has 114 valence electrons. The molecule has 11 heteroatoms. The van der Waals surface area contributed by atoms with Gasteiger partial charge in [-0.3, -0.25) is 4.79 Å². The SMILES string of the molecule is O=C1NC(=S)c2c(F)c(F)c(F)c(C(F)(F)C(F)(F)F)c21. The number of carbonyl (C=O) groups excluding carboxylic acids is 1. The Balaban J connectivity index is 2.96. The van der Waals surface area contributed by atoms with Crippen molar-refractivity contribution in [1.29, 1.82) is 0 Å². The molecule has 1 amide bonds. The lowest BCUT2D eigenvalue weighted by atomic mass is 9.96. The lowest BCUT2D eigenvalue weighted by Gasteiger charge is -2.22. The molecule has 0 spiro atoms. The molecule has 1 aromatic carbocycles. The summed E-state index contributed by atoms with van der Waals surface area (Å²) in [5.74, 6) is -15.1. The predicted molar refractivity (Wildman–Crippen MR) is 55.4 cm³/mol. The van der Waals surface area contributed by atoms with Crippen LogP contribution in [0.5, 0.6) is 0 Å². The first-order valence-electron chi connectivity index (χ1n) is 4.92. The third-order valence-corrected chi connectivity index (χ3v) is 2.98. The highest BCUT2D eigenvalue weighted by Gasteiger charge is 2.63. The predicted octanol–water partition coefficient (Wildman–Crippen LogP) is 3.18. The van der Waals surface area contributed by atoms with Crippen molar-refractivity contribution in [2.75, 3.05) is 0 Å². The average molecular weight is 335 g/mol. The molecule has 0 atom stereocenters. The number of hydrogen-bond acceptors (Lipinski definition) is 2. The van der Waals surface area contributed by atoms with Gasteiger partial charge in [0.2, 0.25) is 0 Å². The molecule has 0 saturated carbocycles. The highest BCUT2D eigenvalue weighted by Crippen LogP contribution is 2.48. The highest BCUT2D eigenvalue weighted by atomic mass is 32.1. The Kier molecular flexibility index (Phi) is 3.24. The molecular weight excluding hydrogens is 334 g/mol. The van der Waals surface area contributed by atoms with Gasteiger partial charge in [0.1, 0.15) is 4.99 Å². The molecule has 1 N–H and O–H groups in total. The van der Waals surface area contributed by atoms with Crippen LogP contribution in [-0.4, -0.2) is 17.1 Å². The van der Waals surface area contributed by atoms with Gasteiger partial charge < -0.3 is 5.32 Å². The van der Waals surface area contributed by atoms with Crippen molar-refractivity contribution in [3.63, 3.8) is 0 Å². The van der Waals surface area contributed by atoms with Gasteiger partial charge in [0, 0.05) is 0 Å². The second-order valence-corrected chi connectivity index (χ2v) is 4.33. The molecular formula is C10HF8NOS. The molecule has 0 unspecified atom stereocenters. The molecule has 0 bridgehead atoms. The second kappa shape index (κ2) is 4.36. The minimum Gasteiger partial charge on any atom is -0.312 e. The zero-order valence-electron chi connectivity index (χ0n) is 9.34. The van der Waals surface area contributed by atoms with E-state index in [2.05, 4.69) is 12.2 Å². The number of carbonyl (C=O) groups is 1. The van der Waals surface area contributed by atoms with Crippen LogP contribution in [0.3, 0.4) is 0 Å². The molecule has 2 rings (SSSR count). The number of rotatable bonds is 1. The van der Waals surface area contributed by atoms with Crippen LogP contribution in [0.4, 0.5) is 35.1 Å².